The zero-order chi connectivity index (χ0) is 52.9. The molecule has 3 aliphatic heterocycles. The first-order valence-corrected chi connectivity index (χ1v) is 25.0. The molecule has 0 radical (unpaired) electrons. The smallest absolute Gasteiger partial charge is 0.340 e. The molecule has 0 aliphatic carbocycles. The van der Waals surface area contributed by atoms with Crippen molar-refractivity contribution in [3.63, 3.8) is 0 Å². The number of aromatic nitrogens is 1. The van der Waals surface area contributed by atoms with Gasteiger partial charge in [-0.05, 0) is 124 Å². The number of unbranched alkanes of at least 4 members (excludes halogenated alkanes) is 1. The van der Waals surface area contributed by atoms with Crippen LogP contribution in [0.4, 0.5) is 5.69 Å². The van der Waals surface area contributed by atoms with Gasteiger partial charge in [-0.15, -0.1) is 0 Å². The highest BCUT2D eigenvalue weighted by Gasteiger charge is 2.54. The third kappa shape index (κ3) is 9.79. The van der Waals surface area contributed by atoms with Crippen molar-refractivity contribution >= 4 is 86.2 Å². The number of carbonyl (C=O) groups excluding carboxylic acids is 4. The molecule has 75 heavy (non-hydrogen) atoms. The Hall–Kier alpha value is -8.42. The number of aromatic amines is 1. The van der Waals surface area contributed by atoms with Crippen molar-refractivity contribution in [2.45, 2.75) is 76.1 Å². The number of aromatic hydroxyl groups is 2. The minimum atomic E-state index is -1.42. The Morgan fingerprint density at radius 2 is 1.61 bits per heavy atom. The number of H-pyrrole nitrogens is 1. The summed E-state index contributed by atoms with van der Waals surface area (Å²) in [5.74, 6) is -2.74. The lowest BCUT2D eigenvalue weighted by Crippen LogP contribution is -2.50. The number of esters is 1. The summed E-state index contributed by atoms with van der Waals surface area (Å²) in [6.45, 7) is 4.20. The summed E-state index contributed by atoms with van der Waals surface area (Å²) in [6, 6.07) is 22.2. The van der Waals surface area contributed by atoms with Crippen LogP contribution in [0, 0.1) is 13.8 Å². The number of benzene rings is 5. The number of nitrogens with zero attached hydrogens (tertiary/aromatic N) is 1. The lowest BCUT2D eigenvalue weighted by Gasteiger charge is -2.36. The Morgan fingerprint density at radius 3 is 2.35 bits per heavy atom. The molecule has 1 saturated heterocycles. The van der Waals surface area contributed by atoms with Gasteiger partial charge in [0.15, 0.2) is 16.1 Å². The number of hydrogen-bond donors (Lipinski definition) is 8. The highest BCUT2D eigenvalue weighted by atomic mass is 35.5. The average Bonchev–Trinajstić information content (AvgIpc) is 4.02. The summed E-state index contributed by atoms with van der Waals surface area (Å²) >= 11 is 11.6. The number of hydrogen-bond acceptors (Lipinski definition) is 12. The zero-order valence-corrected chi connectivity index (χ0v) is 41.9. The molecule has 10 rings (SSSR count). The number of aryl methyl sites for hydroxylation is 3. The number of rotatable bonds is 14. The highest BCUT2D eigenvalue weighted by molar-refractivity contribution is 7.80. The van der Waals surface area contributed by atoms with E-state index in [9.17, 15) is 44.1 Å². The second-order valence-electron chi connectivity index (χ2n) is 18.9. The summed E-state index contributed by atoms with van der Waals surface area (Å²) in [5.41, 5.74) is 3.87. The van der Waals surface area contributed by atoms with E-state index in [1.54, 1.807) is 54.6 Å². The third-order valence-corrected chi connectivity index (χ3v) is 14.5. The molecule has 20 heteroatoms. The number of carboxylic acid groups (broad SMARTS) is 1. The molecule has 384 valence electrons. The first kappa shape index (κ1) is 50.1. The molecular formula is C55H49ClN6O12S. The average molecular weight is 1050 g/mol. The number of phenols is 2. The topological polar surface area (TPSA) is 262 Å². The van der Waals surface area contributed by atoms with E-state index in [0.717, 1.165) is 22.2 Å². The van der Waals surface area contributed by atoms with E-state index in [4.69, 9.17) is 37.7 Å². The Labute approximate surface area is 438 Å². The molecule has 3 atom stereocenters. The second-order valence-corrected chi connectivity index (χ2v) is 19.7. The lowest BCUT2D eigenvalue weighted by atomic mass is 9.77. The van der Waals surface area contributed by atoms with E-state index in [0.29, 0.717) is 69.1 Å². The summed E-state index contributed by atoms with van der Waals surface area (Å²) in [7, 11) is 0. The van der Waals surface area contributed by atoms with Crippen molar-refractivity contribution in [2.24, 2.45) is 0 Å². The predicted octanol–water partition coefficient (Wildman–Crippen LogP) is 7.58. The van der Waals surface area contributed by atoms with Gasteiger partial charge in [-0.1, -0.05) is 23.7 Å². The van der Waals surface area contributed by atoms with Crippen LogP contribution in [0.3, 0.4) is 0 Å². The van der Waals surface area contributed by atoms with E-state index >= 15 is 0 Å². The van der Waals surface area contributed by atoms with Crippen LogP contribution in [-0.2, 0) is 31.1 Å². The van der Waals surface area contributed by atoms with E-state index in [1.807, 2.05) is 19.9 Å². The molecule has 1 fully saturated rings. The van der Waals surface area contributed by atoms with Gasteiger partial charge in [0.05, 0.1) is 10.9 Å². The molecule has 18 nitrogen and oxygen atoms in total. The van der Waals surface area contributed by atoms with Gasteiger partial charge >= 0.3 is 11.9 Å². The highest BCUT2D eigenvalue weighted by Crippen LogP contribution is 2.57. The first-order valence-electron chi connectivity index (χ1n) is 24.2. The minimum absolute atomic E-state index is 0.0126. The normalized spacial score (nSPS) is 16.4. The van der Waals surface area contributed by atoms with Crippen LogP contribution in [-0.4, -0.2) is 91.2 Å². The fraction of sp³-hybridized carbons (Fsp3) is 0.255. The number of nitrogens with one attached hydrogen (secondary N) is 5. The second kappa shape index (κ2) is 20.1. The molecular weight excluding hydrogens is 1000 g/mol. The van der Waals surface area contributed by atoms with E-state index in [2.05, 4.69) is 26.3 Å². The SMILES string of the molecule is Cc1[nH]c2cc(C(=O)N3C[C@H](NC(=O)CCc4cc(=O)c5cc(Cl)ccc5o4)C[C@H]3C(=O)NC(CCCCNC(=S)Nc3ccc4c(c3)C(=O)OC43c4ccc(O)cc4Oc4cc(O)ccc43)C(=O)O)ccc2c1C. The van der Waals surface area contributed by atoms with Gasteiger partial charge in [0.1, 0.15) is 46.4 Å². The van der Waals surface area contributed by atoms with Gasteiger partial charge in [-0.2, -0.15) is 0 Å². The number of halogens is 1. The van der Waals surface area contributed by atoms with Crippen LogP contribution in [0.5, 0.6) is 23.0 Å². The van der Waals surface area contributed by atoms with Crippen molar-refractivity contribution in [1.82, 2.24) is 25.8 Å². The molecule has 8 N–H and O–H groups in total. The molecule has 7 aromatic rings. The number of ether oxygens (including phenoxy) is 2. The third-order valence-electron chi connectivity index (χ3n) is 14.0. The van der Waals surface area contributed by atoms with Crippen LogP contribution >= 0.6 is 23.8 Å². The summed E-state index contributed by atoms with van der Waals surface area (Å²) in [5, 5.41) is 44.3. The van der Waals surface area contributed by atoms with Gasteiger partial charge in [0.2, 0.25) is 11.8 Å². The molecule has 5 aromatic carbocycles. The van der Waals surface area contributed by atoms with Crippen molar-refractivity contribution in [1.29, 1.82) is 0 Å². The molecule has 2 aromatic heterocycles. The van der Waals surface area contributed by atoms with Gasteiger partial charge in [0.25, 0.3) is 5.91 Å². The van der Waals surface area contributed by atoms with Crippen molar-refractivity contribution in [3.05, 3.63) is 157 Å². The van der Waals surface area contributed by atoms with Crippen molar-refractivity contribution < 1.29 is 53.2 Å². The monoisotopic (exact) mass is 1050 g/mol. The number of carbonyl (C=O) groups is 5. The zero-order valence-electron chi connectivity index (χ0n) is 40.4. The van der Waals surface area contributed by atoms with Gasteiger partial charge in [-0.3, -0.25) is 19.2 Å². The molecule has 3 aliphatic rings. The number of thiocarbonyl (C=S) groups is 1. The Morgan fingerprint density at radius 1 is 0.880 bits per heavy atom. The summed E-state index contributed by atoms with van der Waals surface area (Å²) < 4.78 is 18.0. The Balaban J connectivity index is 0.760. The Kier molecular flexibility index (Phi) is 13.5. The van der Waals surface area contributed by atoms with Crippen molar-refractivity contribution in [3.8, 4) is 23.0 Å². The number of amides is 3. The summed E-state index contributed by atoms with van der Waals surface area (Å²) in [6.07, 6.45) is 0.912. The quantitative estimate of drug-likeness (QED) is 0.0297. The number of fused-ring (bicyclic) bond motifs is 8. The maximum absolute atomic E-state index is 14.3. The molecule has 3 amide bonds. The van der Waals surface area contributed by atoms with Gasteiger partial charge in [-0.25, -0.2) is 9.59 Å². The van der Waals surface area contributed by atoms with Crippen molar-refractivity contribution in [2.75, 3.05) is 18.4 Å². The number of carboxylic acids is 1. The maximum Gasteiger partial charge on any atom is 0.340 e. The van der Waals surface area contributed by atoms with Gasteiger partial charge < -0.3 is 60.4 Å². The van der Waals surface area contributed by atoms with E-state index in [-0.39, 0.29) is 71.3 Å². The maximum atomic E-state index is 14.3. The van der Waals surface area contributed by atoms with E-state index < -0.39 is 53.4 Å². The van der Waals surface area contributed by atoms with Crippen LogP contribution in [0.25, 0.3) is 21.9 Å². The Bertz CT molecular complexity index is 3540. The minimum Gasteiger partial charge on any atom is -0.508 e. The molecule has 1 spiro atoms. The van der Waals surface area contributed by atoms with Crippen LogP contribution in [0.15, 0.2) is 106 Å². The largest absolute Gasteiger partial charge is 0.508 e. The first-order chi connectivity index (χ1) is 35.9. The number of anilines is 1. The summed E-state index contributed by atoms with van der Waals surface area (Å²) in [4.78, 5) is 85.2. The predicted molar refractivity (Wildman–Crippen MR) is 281 cm³/mol. The fourth-order valence-corrected chi connectivity index (χ4v) is 10.6. The fourth-order valence-electron chi connectivity index (χ4n) is 10.2. The van der Waals surface area contributed by atoms with Gasteiger partial charge in [0, 0.05) is 99.7 Å². The van der Waals surface area contributed by atoms with E-state index in [1.165, 1.54) is 41.3 Å². The molecule has 0 bridgehead atoms. The van der Waals surface area contributed by atoms with Crippen LogP contribution < -0.4 is 31.4 Å². The number of likely N-dealkylation sites (tertiary alicyclic amines) is 1. The molecule has 0 saturated carbocycles. The molecule has 1 unspecified atom stereocenters. The van der Waals surface area contributed by atoms with Crippen LogP contribution in [0.1, 0.15) is 86.5 Å². The lowest BCUT2D eigenvalue weighted by molar-refractivity contribution is -0.142. The molecule has 5 heterocycles. The standard InChI is InChI=1S/C55H49ClN6O12S/c1-27-28(2)58-43-19-29(6-12-36(27)43)51(68)62-26-32(59-49(66)17-11-35-25-45(65)38-20-30(56)7-16-46(38)72-35)22-44(62)50(67)61-42(52(69)70)5-3-4-18-57-54(75)60-31-8-13-39-37(21-31)53(71)74-55(39)40-14-9-33(63)23-47(40)73-48-24-34(64)10-15-41(48)55/h6-10,12-16,19-21,23-25,32,42,44,58,63-64H,3-5,11,17-18,22,26H2,1-2H3,(H,59,66)(H,61,67)(H,69,70)(H2,57,60,75)/t32-,42?,44+/m1/s1. The number of aliphatic carboxylic acids is 1. The van der Waals surface area contributed by atoms with Crippen LogP contribution in [0.2, 0.25) is 5.02 Å². The number of phenolic OH excluding ortho intramolecular Hbond substituents is 2.